The van der Waals surface area contributed by atoms with Gasteiger partial charge in [0.25, 0.3) is 0 Å². The van der Waals surface area contributed by atoms with Crippen molar-refractivity contribution in [3.63, 3.8) is 0 Å². The summed E-state index contributed by atoms with van der Waals surface area (Å²) in [4.78, 5) is 36.0. The minimum absolute atomic E-state index is 0.0162. The van der Waals surface area contributed by atoms with Crippen LogP contribution in [0.3, 0.4) is 0 Å². The van der Waals surface area contributed by atoms with Crippen molar-refractivity contribution in [1.82, 2.24) is 0 Å². The highest BCUT2D eigenvalue weighted by Crippen LogP contribution is 2.50. The molecule has 188 valence electrons. The molecule has 3 unspecified atom stereocenters. The molecule has 33 heavy (non-hydrogen) atoms. The fourth-order valence-electron chi connectivity index (χ4n) is 2.64. The third kappa shape index (κ3) is 11.4. The monoisotopic (exact) mass is 522 g/mol. The summed E-state index contributed by atoms with van der Waals surface area (Å²) in [5, 5.41) is -0.0324. The van der Waals surface area contributed by atoms with Gasteiger partial charge < -0.3 is 4.74 Å². The number of ketones is 1. The van der Waals surface area contributed by atoms with Gasteiger partial charge in [0.1, 0.15) is 13.6 Å². The molecule has 0 amide bonds. The first-order chi connectivity index (χ1) is 15.0. The molecule has 0 aliphatic carbocycles. The SMILES string of the molecule is [B]C1CC(C(C)=O)C(COP(=O)(OCCSC(=O)C(C)(C)C)OCCSC(=O)C(C)(C)C)O1. The van der Waals surface area contributed by atoms with Gasteiger partial charge in [-0.25, -0.2) is 4.57 Å². The first-order valence-electron chi connectivity index (χ1n) is 10.8. The number of hydrogen-bond donors (Lipinski definition) is 0. The molecule has 0 aromatic rings. The van der Waals surface area contributed by atoms with E-state index in [0.717, 1.165) is 23.5 Å². The second kappa shape index (κ2) is 13.2. The third-order valence-corrected chi connectivity index (χ3v) is 8.51. The molecule has 0 aromatic heterocycles. The molecule has 1 heterocycles. The summed E-state index contributed by atoms with van der Waals surface area (Å²) >= 11 is 2.15. The van der Waals surface area contributed by atoms with Gasteiger partial charge >= 0.3 is 7.82 Å². The van der Waals surface area contributed by atoms with Gasteiger partial charge in [0.15, 0.2) is 10.2 Å². The molecule has 0 N–H and O–H groups in total. The summed E-state index contributed by atoms with van der Waals surface area (Å²) in [6.45, 7) is 12.0. The highest BCUT2D eigenvalue weighted by Gasteiger charge is 2.38. The maximum absolute atomic E-state index is 13.2. The summed E-state index contributed by atoms with van der Waals surface area (Å²) in [7, 11) is 1.75. The zero-order chi connectivity index (χ0) is 25.4. The van der Waals surface area contributed by atoms with Gasteiger partial charge in [0.05, 0.1) is 25.9 Å². The Morgan fingerprint density at radius 3 is 1.79 bits per heavy atom. The van der Waals surface area contributed by atoms with E-state index in [2.05, 4.69) is 0 Å². The molecule has 0 aromatic carbocycles. The van der Waals surface area contributed by atoms with E-state index in [-0.39, 0.29) is 47.3 Å². The Kier molecular flexibility index (Phi) is 12.4. The Balaban J connectivity index is 2.68. The highest BCUT2D eigenvalue weighted by molar-refractivity contribution is 8.14. The zero-order valence-corrected chi connectivity index (χ0v) is 23.1. The minimum Gasteiger partial charge on any atom is -0.382 e. The van der Waals surface area contributed by atoms with Gasteiger partial charge in [0.2, 0.25) is 0 Å². The van der Waals surface area contributed by atoms with E-state index in [4.69, 9.17) is 26.2 Å². The molecule has 0 bridgehead atoms. The molecule has 0 spiro atoms. The largest absolute Gasteiger partial charge is 0.474 e. The summed E-state index contributed by atoms with van der Waals surface area (Å²) in [5.41, 5.74) is -1.00. The lowest BCUT2D eigenvalue weighted by Gasteiger charge is -2.22. The fraction of sp³-hybridized carbons (Fsp3) is 0.857. The average molecular weight is 522 g/mol. The third-order valence-electron chi connectivity index (χ3n) is 4.56. The lowest BCUT2D eigenvalue weighted by molar-refractivity contribution is -0.123. The predicted molar refractivity (Wildman–Crippen MR) is 133 cm³/mol. The van der Waals surface area contributed by atoms with Crippen LogP contribution < -0.4 is 0 Å². The number of ether oxygens (including phenoxy) is 1. The summed E-state index contributed by atoms with van der Waals surface area (Å²) < 4.78 is 35.0. The molecule has 0 saturated carbocycles. The molecule has 3 atom stereocenters. The average Bonchev–Trinajstić information content (AvgIpc) is 3.06. The molecule has 8 nitrogen and oxygen atoms in total. The van der Waals surface area contributed by atoms with Gasteiger partial charge in [-0.15, -0.1) is 0 Å². The van der Waals surface area contributed by atoms with Crippen LogP contribution in [0.25, 0.3) is 0 Å². The molecule has 2 radical (unpaired) electrons. The van der Waals surface area contributed by atoms with Gasteiger partial charge in [-0.05, 0) is 13.3 Å². The van der Waals surface area contributed by atoms with Gasteiger partial charge in [-0.3, -0.25) is 28.0 Å². The van der Waals surface area contributed by atoms with Gasteiger partial charge in [-0.2, -0.15) is 0 Å². The van der Waals surface area contributed by atoms with Crippen LogP contribution in [0.2, 0.25) is 0 Å². The van der Waals surface area contributed by atoms with E-state index in [1.54, 1.807) is 0 Å². The fourth-order valence-corrected chi connectivity index (χ4v) is 5.64. The number of phosphoric acid groups is 1. The molecular formula is C21H36BO8PS2. The van der Waals surface area contributed by atoms with Crippen molar-refractivity contribution in [2.45, 2.75) is 67.0 Å². The molecule has 1 aliphatic heterocycles. The Morgan fingerprint density at radius 1 is 0.939 bits per heavy atom. The van der Waals surface area contributed by atoms with Crippen LogP contribution in [0.1, 0.15) is 54.9 Å². The van der Waals surface area contributed by atoms with E-state index in [1.807, 2.05) is 41.5 Å². The van der Waals surface area contributed by atoms with Crippen molar-refractivity contribution in [3.8, 4) is 0 Å². The zero-order valence-electron chi connectivity index (χ0n) is 20.6. The number of Topliss-reactive ketones (excluding diaryl/α,β-unsaturated/α-hetero) is 1. The van der Waals surface area contributed by atoms with Crippen LogP contribution in [-0.4, -0.2) is 67.3 Å². The molecule has 12 heteroatoms. The van der Waals surface area contributed by atoms with Crippen molar-refractivity contribution < 1.29 is 37.3 Å². The van der Waals surface area contributed by atoms with E-state index in [0.29, 0.717) is 6.42 Å². The normalized spacial score (nSPS) is 21.8. The second-order valence-electron chi connectivity index (χ2n) is 9.85. The van der Waals surface area contributed by atoms with E-state index in [1.165, 1.54) is 6.92 Å². The first kappa shape index (κ1) is 30.9. The molecule has 1 fully saturated rings. The lowest BCUT2D eigenvalue weighted by Crippen LogP contribution is -2.27. The lowest BCUT2D eigenvalue weighted by atomic mass is 9.89. The quantitative estimate of drug-likeness (QED) is 0.210. The Labute approximate surface area is 207 Å². The number of phosphoric ester groups is 1. The maximum atomic E-state index is 13.2. The molecule has 1 rings (SSSR count). The summed E-state index contributed by atoms with van der Waals surface area (Å²) in [5.74, 6) is -0.0219. The van der Waals surface area contributed by atoms with Gasteiger partial charge in [-0.1, -0.05) is 65.1 Å². The van der Waals surface area contributed by atoms with Crippen molar-refractivity contribution in [2.24, 2.45) is 16.7 Å². The van der Waals surface area contributed by atoms with Crippen molar-refractivity contribution in [3.05, 3.63) is 0 Å². The summed E-state index contributed by atoms with van der Waals surface area (Å²) in [6, 6.07) is -0.603. The number of carbonyl (C=O) groups is 3. The standard InChI is InChI=1S/C21H36BO8PS2/c1-14(23)15-12-17(22)30-16(15)13-29-31(26,27-8-10-32-18(24)20(2,3)4)28-9-11-33-19(25)21(5,6)7/h15-17H,8-13H2,1-7H3. The second-order valence-corrected chi connectivity index (χ2v) is 13.7. The van der Waals surface area contributed by atoms with E-state index in [9.17, 15) is 18.9 Å². The predicted octanol–water partition coefficient (Wildman–Crippen LogP) is 4.24. The van der Waals surface area contributed by atoms with Crippen molar-refractivity contribution in [2.75, 3.05) is 31.3 Å². The van der Waals surface area contributed by atoms with Gasteiger partial charge in [0, 0.05) is 34.3 Å². The van der Waals surface area contributed by atoms with Crippen LogP contribution in [0.4, 0.5) is 0 Å². The highest BCUT2D eigenvalue weighted by atomic mass is 32.2. The number of carbonyl (C=O) groups excluding carboxylic acids is 3. The van der Waals surface area contributed by atoms with E-state index < -0.39 is 36.7 Å². The number of hydrogen-bond acceptors (Lipinski definition) is 10. The first-order valence-corrected chi connectivity index (χ1v) is 14.3. The van der Waals surface area contributed by atoms with Crippen LogP contribution in [0.15, 0.2) is 0 Å². The number of thioether (sulfide) groups is 2. The molecular weight excluding hydrogens is 486 g/mol. The number of rotatable bonds is 12. The Morgan fingerprint density at radius 2 is 1.39 bits per heavy atom. The maximum Gasteiger partial charge on any atom is 0.474 e. The summed E-state index contributed by atoms with van der Waals surface area (Å²) in [6.07, 6.45) is -0.307. The van der Waals surface area contributed by atoms with Crippen LogP contribution in [0, 0.1) is 16.7 Å². The minimum atomic E-state index is -4.03. The van der Waals surface area contributed by atoms with Crippen molar-refractivity contribution >= 4 is 55.2 Å². The topological polar surface area (TPSA) is 105 Å². The smallest absolute Gasteiger partial charge is 0.382 e. The van der Waals surface area contributed by atoms with Crippen LogP contribution >= 0.6 is 31.3 Å². The Hall–Kier alpha value is -0.155. The Bertz CT molecular complexity index is 697. The molecule has 1 aliphatic rings. The van der Waals surface area contributed by atoms with Crippen LogP contribution in [-0.2, 0) is 37.3 Å². The van der Waals surface area contributed by atoms with Crippen molar-refractivity contribution in [1.29, 1.82) is 0 Å². The molecule has 1 saturated heterocycles. The van der Waals surface area contributed by atoms with E-state index >= 15 is 0 Å². The van der Waals surface area contributed by atoms with Crippen LogP contribution in [0.5, 0.6) is 0 Å².